The molecular formula is C70H55N3. The first-order chi connectivity index (χ1) is 36.1. The first kappa shape index (κ1) is 45.1. The highest BCUT2D eigenvalue weighted by atomic mass is 15.1. The summed E-state index contributed by atoms with van der Waals surface area (Å²) in [6, 6.07) is 89.2. The van der Waals surface area contributed by atoms with E-state index in [1.807, 2.05) is 20.0 Å². The Morgan fingerprint density at radius 1 is 0.425 bits per heavy atom. The van der Waals surface area contributed by atoms with Crippen LogP contribution in [0.5, 0.6) is 0 Å². The summed E-state index contributed by atoms with van der Waals surface area (Å²) in [5.41, 5.74) is 19.2. The van der Waals surface area contributed by atoms with Crippen LogP contribution in [0, 0.1) is 0 Å². The number of pyridine rings is 1. The normalized spacial score (nSPS) is 12.9. The molecule has 2 heterocycles. The third-order valence-electron chi connectivity index (χ3n) is 14.8. The lowest BCUT2D eigenvalue weighted by Gasteiger charge is -2.35. The Balaban J connectivity index is 0.00000268. The number of fused-ring (bicyclic) bond motifs is 7. The summed E-state index contributed by atoms with van der Waals surface area (Å²) in [6.45, 7) is 8.19. The summed E-state index contributed by atoms with van der Waals surface area (Å²) in [4.78, 5) is 7.62. The molecule has 13 rings (SSSR count). The van der Waals surface area contributed by atoms with E-state index in [0.29, 0.717) is 0 Å². The second-order valence-electron chi connectivity index (χ2n) is 18.5. The van der Waals surface area contributed by atoms with Crippen LogP contribution in [0.3, 0.4) is 0 Å². The average molecular weight is 938 g/mol. The van der Waals surface area contributed by atoms with Crippen LogP contribution >= 0.6 is 0 Å². The van der Waals surface area contributed by atoms with Crippen molar-refractivity contribution in [1.29, 1.82) is 0 Å². The van der Waals surface area contributed by atoms with Crippen LogP contribution in [-0.2, 0) is 5.41 Å². The highest BCUT2D eigenvalue weighted by molar-refractivity contribution is 6.09. The molecule has 0 bridgehead atoms. The fourth-order valence-electron chi connectivity index (χ4n) is 11.6. The van der Waals surface area contributed by atoms with Crippen molar-refractivity contribution in [2.45, 2.75) is 33.1 Å². The maximum Gasteiger partial charge on any atom is 0.0778 e. The topological polar surface area (TPSA) is 21.1 Å². The number of anilines is 3. The minimum atomic E-state index is -0.602. The van der Waals surface area contributed by atoms with Crippen LogP contribution in [0.1, 0.15) is 49.9 Å². The van der Waals surface area contributed by atoms with Crippen molar-refractivity contribution >= 4 is 61.9 Å². The lowest BCUT2D eigenvalue weighted by atomic mass is 9.67. The fourth-order valence-corrected chi connectivity index (χ4v) is 11.6. The molecule has 10 aromatic carbocycles. The molecule has 0 saturated carbocycles. The van der Waals surface area contributed by atoms with Gasteiger partial charge in [0, 0.05) is 38.4 Å². The molecule has 3 nitrogen and oxygen atoms in total. The monoisotopic (exact) mass is 937 g/mol. The minimum absolute atomic E-state index is 0.602. The van der Waals surface area contributed by atoms with Crippen LogP contribution in [0.15, 0.2) is 249 Å². The van der Waals surface area contributed by atoms with Crippen LogP contribution in [0.25, 0.3) is 83.9 Å². The van der Waals surface area contributed by atoms with Gasteiger partial charge in [-0.15, -0.1) is 0 Å². The second-order valence-corrected chi connectivity index (χ2v) is 18.5. The van der Waals surface area contributed by atoms with Gasteiger partial charge in [0.05, 0.1) is 33.8 Å². The van der Waals surface area contributed by atoms with Crippen LogP contribution in [0.4, 0.5) is 17.1 Å². The SMILES string of the molecule is C/C=c1/ccc2cc(N(c3ccc(-c4ccc(-n5c6ccccc6c6ccccc65)cc4)cc3)c3ccc4c(c3)C(c3ccccc3)(c3ccccc3)c3cc(-c5ccccc5)ccc3-4)cnc2/c1=C/C.CC. The molecule has 12 aromatic rings. The molecule has 0 spiro atoms. The Morgan fingerprint density at radius 3 is 1.53 bits per heavy atom. The zero-order chi connectivity index (χ0) is 49.5. The summed E-state index contributed by atoms with van der Waals surface area (Å²) in [5, 5.41) is 5.95. The number of rotatable bonds is 8. The number of para-hydroxylation sites is 2. The molecule has 0 fully saturated rings. The predicted octanol–water partition coefficient (Wildman–Crippen LogP) is 17.1. The van der Waals surface area contributed by atoms with Crippen molar-refractivity contribution in [2.24, 2.45) is 0 Å². The number of benzene rings is 10. The number of aromatic nitrogens is 2. The first-order valence-corrected chi connectivity index (χ1v) is 25.6. The lowest BCUT2D eigenvalue weighted by Crippen LogP contribution is -2.29. The third-order valence-corrected chi connectivity index (χ3v) is 14.8. The molecule has 350 valence electrons. The van der Waals surface area contributed by atoms with Crippen molar-refractivity contribution < 1.29 is 0 Å². The maximum absolute atomic E-state index is 5.24. The van der Waals surface area contributed by atoms with E-state index in [2.05, 4.69) is 278 Å². The van der Waals surface area contributed by atoms with Gasteiger partial charge >= 0.3 is 0 Å². The van der Waals surface area contributed by atoms with Crippen molar-refractivity contribution in [2.75, 3.05) is 4.90 Å². The van der Waals surface area contributed by atoms with E-state index in [0.717, 1.165) is 50.0 Å². The highest BCUT2D eigenvalue weighted by Gasteiger charge is 2.46. The molecule has 2 aromatic heterocycles. The standard InChI is InChI=1S/C68H49N3.C2H6/c1-3-46-28-29-51-42-57(45-69-67(51)58(46)4-2)70(54-35-30-48(31-36-54)49-32-37-55(38-33-49)71-65-26-16-14-24-61(65)62-25-15-17-27-66(62)71)56-39-41-60-59-40-34-50(47-18-8-5-9-19-47)43-63(59)68(64(60)44-56,52-20-10-6-11-21-52)53-22-12-7-13-23-53;1-2/h3-45H,1-2H3;1-2H3/b46-3-,58-4+;. The summed E-state index contributed by atoms with van der Waals surface area (Å²) in [6.07, 6.45) is 6.38. The Bertz CT molecular complexity index is 4010. The van der Waals surface area contributed by atoms with E-state index in [9.17, 15) is 0 Å². The molecule has 0 atom stereocenters. The molecule has 0 amide bonds. The fraction of sp³-hybridized carbons (Fsp3) is 0.0714. The summed E-state index contributed by atoms with van der Waals surface area (Å²) >= 11 is 0. The molecule has 3 heteroatoms. The Morgan fingerprint density at radius 2 is 0.932 bits per heavy atom. The van der Waals surface area contributed by atoms with Gasteiger partial charge in [0.1, 0.15) is 0 Å². The van der Waals surface area contributed by atoms with Crippen molar-refractivity contribution in [3.63, 3.8) is 0 Å². The molecule has 0 aliphatic heterocycles. The molecular weight excluding hydrogens is 883 g/mol. The zero-order valence-corrected chi connectivity index (χ0v) is 41.7. The molecule has 1 aliphatic carbocycles. The zero-order valence-electron chi connectivity index (χ0n) is 41.7. The molecule has 0 unspecified atom stereocenters. The van der Waals surface area contributed by atoms with Gasteiger partial charge in [-0.05, 0) is 135 Å². The number of hydrogen-bond acceptors (Lipinski definition) is 2. The third kappa shape index (κ3) is 7.47. The van der Waals surface area contributed by atoms with Crippen molar-refractivity contribution in [3.05, 3.63) is 282 Å². The largest absolute Gasteiger partial charge is 0.309 e. The summed E-state index contributed by atoms with van der Waals surface area (Å²) < 4.78 is 2.37. The van der Waals surface area contributed by atoms with E-state index in [-0.39, 0.29) is 0 Å². The van der Waals surface area contributed by atoms with Gasteiger partial charge in [-0.25, -0.2) is 0 Å². The van der Waals surface area contributed by atoms with E-state index in [4.69, 9.17) is 4.98 Å². The highest BCUT2D eigenvalue weighted by Crippen LogP contribution is 2.58. The second kappa shape index (κ2) is 18.9. The quantitative estimate of drug-likeness (QED) is 0.151. The van der Waals surface area contributed by atoms with Gasteiger partial charge in [-0.3, -0.25) is 4.98 Å². The van der Waals surface area contributed by atoms with Gasteiger partial charge in [0.2, 0.25) is 0 Å². The van der Waals surface area contributed by atoms with Gasteiger partial charge in [0.15, 0.2) is 0 Å². The molecule has 0 saturated heterocycles. The minimum Gasteiger partial charge on any atom is -0.309 e. The van der Waals surface area contributed by atoms with E-state index in [1.54, 1.807) is 0 Å². The molecule has 73 heavy (non-hydrogen) atoms. The maximum atomic E-state index is 5.24. The predicted molar refractivity (Wildman–Crippen MR) is 310 cm³/mol. The molecule has 1 aliphatic rings. The molecule has 0 N–H and O–H groups in total. The Hall–Kier alpha value is -9.05. The first-order valence-electron chi connectivity index (χ1n) is 25.6. The van der Waals surface area contributed by atoms with E-state index >= 15 is 0 Å². The van der Waals surface area contributed by atoms with Crippen LogP contribution < -0.4 is 15.3 Å². The smallest absolute Gasteiger partial charge is 0.0778 e. The molecule has 0 radical (unpaired) electrons. The van der Waals surface area contributed by atoms with Crippen LogP contribution in [0.2, 0.25) is 0 Å². The van der Waals surface area contributed by atoms with Crippen molar-refractivity contribution in [1.82, 2.24) is 9.55 Å². The summed E-state index contributed by atoms with van der Waals surface area (Å²) in [7, 11) is 0. The number of nitrogens with zero attached hydrogens (tertiary/aromatic N) is 3. The Labute approximate surface area is 428 Å². The lowest BCUT2D eigenvalue weighted by molar-refractivity contribution is 0.768. The average Bonchev–Trinajstić information content (AvgIpc) is 3.96. The van der Waals surface area contributed by atoms with Gasteiger partial charge in [0.25, 0.3) is 0 Å². The Kier molecular flexibility index (Phi) is 11.7. The number of hydrogen-bond donors (Lipinski definition) is 0. The van der Waals surface area contributed by atoms with Crippen molar-refractivity contribution in [3.8, 4) is 39.1 Å². The van der Waals surface area contributed by atoms with E-state index in [1.165, 1.54) is 71.5 Å². The van der Waals surface area contributed by atoms with Gasteiger partial charge in [-0.1, -0.05) is 208 Å². The van der Waals surface area contributed by atoms with Gasteiger partial charge < -0.3 is 9.47 Å². The van der Waals surface area contributed by atoms with Crippen LogP contribution in [-0.4, -0.2) is 9.55 Å². The summed E-state index contributed by atoms with van der Waals surface area (Å²) in [5.74, 6) is 0. The van der Waals surface area contributed by atoms with Gasteiger partial charge in [-0.2, -0.15) is 0 Å². The van der Waals surface area contributed by atoms with E-state index < -0.39 is 5.41 Å².